The monoisotopic (exact) mass is 274 g/mol. The summed E-state index contributed by atoms with van der Waals surface area (Å²) in [4.78, 5) is 11.4. The van der Waals surface area contributed by atoms with E-state index in [0.717, 1.165) is 0 Å². The molecule has 1 unspecified atom stereocenters. The van der Waals surface area contributed by atoms with Crippen molar-refractivity contribution in [2.45, 2.75) is 10.5 Å². The van der Waals surface area contributed by atoms with Crippen molar-refractivity contribution in [3.63, 3.8) is 0 Å². The Balaban J connectivity index is 2.47. The van der Waals surface area contributed by atoms with Crippen LogP contribution in [-0.2, 0) is 0 Å². The molecule has 0 spiro atoms. The lowest BCUT2D eigenvalue weighted by molar-refractivity contribution is 0.0925. The number of Topliss-reactive ketones (excluding diaryl/α,β-unsaturated/α-hetero) is 1. The molecule has 1 aromatic carbocycles. The number of hydrogen-bond donors (Lipinski definition) is 0. The Kier molecular flexibility index (Phi) is 2.04. The van der Waals surface area contributed by atoms with Gasteiger partial charge in [-0.1, -0.05) is 12.1 Å². The van der Waals surface area contributed by atoms with Crippen molar-refractivity contribution in [3.8, 4) is 5.75 Å². The average molecular weight is 274 g/mol. The van der Waals surface area contributed by atoms with Gasteiger partial charge in [0.1, 0.15) is 5.75 Å². The molecule has 1 aromatic rings. The van der Waals surface area contributed by atoms with E-state index >= 15 is 0 Å². The summed E-state index contributed by atoms with van der Waals surface area (Å²) < 4.78 is 5.46. The molecule has 0 bridgehead atoms. The van der Waals surface area contributed by atoms with Gasteiger partial charge in [-0.15, -0.1) is 0 Å². The number of ether oxygens (including phenoxy) is 1. The van der Waals surface area contributed by atoms with Crippen LogP contribution in [0.5, 0.6) is 5.75 Å². The molecule has 3 heteroatoms. The van der Waals surface area contributed by atoms with Crippen molar-refractivity contribution in [2.75, 3.05) is 0 Å². The molecule has 62 valence electrons. The number of para-hydroxylation sites is 1. The molecule has 0 aliphatic carbocycles. The zero-order valence-electron chi connectivity index (χ0n) is 6.29. The van der Waals surface area contributed by atoms with Crippen molar-refractivity contribution in [2.24, 2.45) is 0 Å². The van der Waals surface area contributed by atoms with Crippen LogP contribution in [0.25, 0.3) is 0 Å². The number of alkyl halides is 1. The molecule has 0 aromatic heterocycles. The summed E-state index contributed by atoms with van der Waals surface area (Å²) in [5.41, 5.74) is 0.713. The van der Waals surface area contributed by atoms with Gasteiger partial charge in [-0.3, -0.25) is 4.79 Å². The maximum absolute atomic E-state index is 11.4. The first-order chi connectivity index (χ1) is 5.77. The Bertz CT molecular complexity index is 322. The van der Waals surface area contributed by atoms with E-state index in [1.54, 1.807) is 6.07 Å². The van der Waals surface area contributed by atoms with E-state index in [-0.39, 0.29) is 9.89 Å². The van der Waals surface area contributed by atoms with Gasteiger partial charge >= 0.3 is 0 Å². The van der Waals surface area contributed by atoms with Crippen LogP contribution in [0.4, 0.5) is 0 Å². The third kappa shape index (κ3) is 1.33. The molecule has 0 N–H and O–H groups in total. The van der Waals surface area contributed by atoms with E-state index in [4.69, 9.17) is 4.74 Å². The van der Waals surface area contributed by atoms with Gasteiger partial charge in [-0.2, -0.15) is 0 Å². The summed E-state index contributed by atoms with van der Waals surface area (Å²) >= 11 is 2.13. The highest BCUT2D eigenvalue weighted by Crippen LogP contribution is 2.29. The van der Waals surface area contributed by atoms with Gasteiger partial charge < -0.3 is 4.74 Å². The Morgan fingerprint density at radius 2 is 2.17 bits per heavy atom. The number of rotatable bonds is 0. The van der Waals surface area contributed by atoms with Crippen molar-refractivity contribution in [1.29, 1.82) is 0 Å². The lowest BCUT2D eigenvalue weighted by Crippen LogP contribution is -2.21. The first kappa shape index (κ1) is 8.04. The van der Waals surface area contributed by atoms with E-state index < -0.39 is 0 Å². The molecule has 0 saturated carbocycles. The summed E-state index contributed by atoms with van der Waals surface area (Å²) in [6.07, 6.45) is 0.484. The number of carbonyl (C=O) groups is 1. The quantitative estimate of drug-likeness (QED) is 0.536. The van der Waals surface area contributed by atoms with Crippen molar-refractivity contribution in [1.82, 2.24) is 0 Å². The van der Waals surface area contributed by atoms with Crippen LogP contribution in [0.15, 0.2) is 24.3 Å². The maximum Gasteiger partial charge on any atom is 0.171 e. The van der Waals surface area contributed by atoms with Gasteiger partial charge in [-0.05, 0) is 34.7 Å². The maximum atomic E-state index is 11.4. The number of carbonyl (C=O) groups excluding carboxylic acids is 1. The predicted molar refractivity (Wildman–Crippen MR) is 53.8 cm³/mol. The Morgan fingerprint density at radius 1 is 1.42 bits per heavy atom. The average Bonchev–Trinajstić information content (AvgIpc) is 2.04. The van der Waals surface area contributed by atoms with E-state index in [2.05, 4.69) is 22.6 Å². The van der Waals surface area contributed by atoms with Crippen LogP contribution in [0.2, 0.25) is 0 Å². The molecule has 1 heterocycles. The van der Waals surface area contributed by atoms with Crippen molar-refractivity contribution >= 4 is 28.4 Å². The molecule has 0 fully saturated rings. The summed E-state index contributed by atoms with van der Waals surface area (Å²) in [6, 6.07) is 7.37. The fraction of sp³-hybridized carbons (Fsp3) is 0.222. The van der Waals surface area contributed by atoms with Gasteiger partial charge in [0.2, 0.25) is 0 Å². The van der Waals surface area contributed by atoms with Crippen molar-refractivity contribution in [3.05, 3.63) is 29.8 Å². The van der Waals surface area contributed by atoms with Crippen LogP contribution in [0, 0.1) is 0 Å². The van der Waals surface area contributed by atoms with Crippen LogP contribution in [0.1, 0.15) is 16.8 Å². The number of benzene rings is 1. The second-order valence-electron chi connectivity index (χ2n) is 2.65. The Hall–Kier alpha value is -0.580. The minimum absolute atomic E-state index is 0.00926. The van der Waals surface area contributed by atoms with Gasteiger partial charge in [0.05, 0.1) is 12.0 Å². The zero-order valence-corrected chi connectivity index (χ0v) is 8.45. The first-order valence-corrected chi connectivity index (χ1v) is 4.95. The number of halogens is 1. The predicted octanol–water partition coefficient (Wildman–Crippen LogP) is 2.41. The van der Waals surface area contributed by atoms with Crippen LogP contribution in [-0.4, -0.2) is 9.89 Å². The molecule has 0 amide bonds. The van der Waals surface area contributed by atoms with Crippen molar-refractivity contribution < 1.29 is 9.53 Å². The summed E-state index contributed by atoms with van der Waals surface area (Å²) in [5.74, 6) is 0.893. The minimum Gasteiger partial charge on any atom is -0.479 e. The smallest absolute Gasteiger partial charge is 0.171 e. The topological polar surface area (TPSA) is 26.3 Å². The normalized spacial score (nSPS) is 21.4. The third-order valence-corrected chi connectivity index (χ3v) is 2.48. The van der Waals surface area contributed by atoms with E-state index in [1.165, 1.54) is 0 Å². The summed E-state index contributed by atoms with van der Waals surface area (Å²) in [5, 5.41) is 0. The highest BCUT2D eigenvalue weighted by Gasteiger charge is 2.23. The SMILES string of the molecule is O=C1CC(I)Oc2ccccc21. The lowest BCUT2D eigenvalue weighted by Gasteiger charge is -2.20. The lowest BCUT2D eigenvalue weighted by atomic mass is 10.1. The zero-order chi connectivity index (χ0) is 8.55. The Morgan fingerprint density at radius 3 is 3.00 bits per heavy atom. The fourth-order valence-electron chi connectivity index (χ4n) is 1.23. The second kappa shape index (κ2) is 3.05. The number of hydrogen-bond acceptors (Lipinski definition) is 2. The van der Waals surface area contributed by atoms with Gasteiger partial charge in [-0.25, -0.2) is 0 Å². The molecule has 12 heavy (non-hydrogen) atoms. The van der Waals surface area contributed by atoms with Crippen LogP contribution < -0.4 is 4.74 Å². The third-order valence-electron chi connectivity index (χ3n) is 1.79. The Labute approximate surface area is 84.1 Å². The highest BCUT2D eigenvalue weighted by atomic mass is 127. The fourth-order valence-corrected chi connectivity index (χ4v) is 1.91. The highest BCUT2D eigenvalue weighted by molar-refractivity contribution is 14.1. The molecule has 2 rings (SSSR count). The molecule has 2 nitrogen and oxygen atoms in total. The van der Waals surface area contributed by atoms with E-state index in [9.17, 15) is 4.79 Å². The standard InChI is InChI=1S/C9H7IO2/c10-9-5-7(11)6-3-1-2-4-8(6)12-9/h1-4,9H,5H2. The molecular weight excluding hydrogens is 267 g/mol. The second-order valence-corrected chi connectivity index (χ2v) is 4.04. The van der Waals surface area contributed by atoms with Gasteiger partial charge in [0, 0.05) is 0 Å². The van der Waals surface area contributed by atoms with Gasteiger partial charge in [0.25, 0.3) is 0 Å². The number of ketones is 1. The molecular formula is C9H7IO2. The van der Waals surface area contributed by atoms with Crippen LogP contribution >= 0.6 is 22.6 Å². The molecule has 0 saturated heterocycles. The first-order valence-electron chi connectivity index (χ1n) is 3.70. The molecule has 1 aliphatic heterocycles. The summed E-state index contributed by atoms with van der Waals surface area (Å²) in [6.45, 7) is 0. The minimum atomic E-state index is -0.00926. The molecule has 1 aliphatic rings. The molecule has 0 radical (unpaired) electrons. The molecule has 1 atom stereocenters. The summed E-state index contributed by atoms with van der Waals surface area (Å²) in [7, 11) is 0. The van der Waals surface area contributed by atoms with E-state index in [1.807, 2.05) is 18.2 Å². The van der Waals surface area contributed by atoms with E-state index in [0.29, 0.717) is 17.7 Å². The van der Waals surface area contributed by atoms with Crippen LogP contribution in [0.3, 0.4) is 0 Å². The van der Waals surface area contributed by atoms with Gasteiger partial charge in [0.15, 0.2) is 9.89 Å². The largest absolute Gasteiger partial charge is 0.479 e. The number of fused-ring (bicyclic) bond motifs is 1.